The van der Waals surface area contributed by atoms with Crippen molar-refractivity contribution >= 4 is 5.91 Å². The zero-order valence-corrected chi connectivity index (χ0v) is 17.5. The molecule has 1 fully saturated rings. The van der Waals surface area contributed by atoms with E-state index in [0.29, 0.717) is 32.6 Å². The summed E-state index contributed by atoms with van der Waals surface area (Å²) in [4.78, 5) is 21.1. The number of pyridine rings is 1. The molecule has 1 saturated heterocycles. The molecular weight excluding hydrogens is 396 g/mol. The Morgan fingerprint density at radius 2 is 1.42 bits per heavy atom. The van der Waals surface area contributed by atoms with Gasteiger partial charge in [-0.3, -0.25) is 14.7 Å². The van der Waals surface area contributed by atoms with Crippen molar-refractivity contribution in [1.29, 1.82) is 0 Å². The first-order valence-corrected chi connectivity index (χ1v) is 10.4. The van der Waals surface area contributed by atoms with Crippen molar-refractivity contribution in [3.63, 3.8) is 0 Å². The van der Waals surface area contributed by atoms with Crippen molar-refractivity contribution in [2.45, 2.75) is 19.4 Å². The summed E-state index contributed by atoms with van der Waals surface area (Å²) in [5, 5.41) is 0. The summed E-state index contributed by atoms with van der Waals surface area (Å²) in [7, 11) is 0. The van der Waals surface area contributed by atoms with Gasteiger partial charge in [-0.1, -0.05) is 30.3 Å². The van der Waals surface area contributed by atoms with Gasteiger partial charge in [0.2, 0.25) is 5.91 Å². The summed E-state index contributed by atoms with van der Waals surface area (Å²) >= 11 is 0. The van der Waals surface area contributed by atoms with Crippen molar-refractivity contribution in [2.24, 2.45) is 0 Å². The third-order valence-corrected chi connectivity index (χ3v) is 5.73. The summed E-state index contributed by atoms with van der Waals surface area (Å²) in [5.41, 5.74) is 3.73. The summed E-state index contributed by atoms with van der Waals surface area (Å²) in [5.74, 6) is -0.490. The van der Waals surface area contributed by atoms with Crippen molar-refractivity contribution in [2.75, 3.05) is 26.2 Å². The predicted molar refractivity (Wildman–Crippen MR) is 115 cm³/mol. The number of aromatic nitrogens is 1. The van der Waals surface area contributed by atoms with Gasteiger partial charge >= 0.3 is 0 Å². The first-order chi connectivity index (χ1) is 15.0. The number of hydrogen-bond donors (Lipinski definition) is 0. The molecule has 0 radical (unpaired) electrons. The number of carbonyl (C=O) groups excluding carboxylic acids is 1. The molecule has 0 N–H and O–H groups in total. The van der Waals surface area contributed by atoms with Gasteiger partial charge in [0.1, 0.15) is 11.6 Å². The average Bonchev–Trinajstić information content (AvgIpc) is 2.78. The van der Waals surface area contributed by atoms with E-state index in [1.807, 2.05) is 24.0 Å². The smallest absolute Gasteiger partial charge is 0.227 e. The Bertz CT molecular complexity index is 967. The zero-order chi connectivity index (χ0) is 21.8. The summed E-state index contributed by atoms with van der Waals surface area (Å²) in [6, 6.07) is 16.6. The molecule has 0 saturated carbocycles. The molecular formula is C25H25F2N3O. The molecule has 1 aromatic heterocycles. The average molecular weight is 421 g/mol. The van der Waals surface area contributed by atoms with E-state index in [9.17, 15) is 13.6 Å². The minimum absolute atomic E-state index is 0.0883. The molecule has 2 heterocycles. The van der Waals surface area contributed by atoms with E-state index >= 15 is 0 Å². The van der Waals surface area contributed by atoms with Gasteiger partial charge in [0.05, 0.1) is 12.5 Å². The molecule has 0 aliphatic carbocycles. The minimum atomic E-state index is -0.289. The molecule has 0 bridgehead atoms. The SMILES string of the molecule is Cc1ccc(CC(=O)N2CCN(C(c3ccc(F)cc3)c3ccc(F)cc3)CC2)cn1. The first-order valence-electron chi connectivity index (χ1n) is 10.4. The number of halogens is 2. The number of nitrogens with zero attached hydrogens (tertiary/aromatic N) is 3. The quantitative estimate of drug-likeness (QED) is 0.621. The van der Waals surface area contributed by atoms with Gasteiger partial charge in [-0.2, -0.15) is 0 Å². The molecule has 4 rings (SSSR count). The van der Waals surface area contributed by atoms with Crippen LogP contribution in [0.5, 0.6) is 0 Å². The number of piperazine rings is 1. The van der Waals surface area contributed by atoms with E-state index in [1.54, 1.807) is 30.5 Å². The number of benzene rings is 2. The lowest BCUT2D eigenvalue weighted by Gasteiger charge is -2.40. The highest BCUT2D eigenvalue weighted by molar-refractivity contribution is 5.78. The van der Waals surface area contributed by atoms with Gasteiger partial charge in [-0.25, -0.2) is 8.78 Å². The van der Waals surface area contributed by atoms with E-state index in [0.717, 1.165) is 22.4 Å². The van der Waals surface area contributed by atoms with Gasteiger partial charge in [0, 0.05) is 38.1 Å². The number of carbonyl (C=O) groups is 1. The third kappa shape index (κ3) is 5.14. The highest BCUT2D eigenvalue weighted by Gasteiger charge is 2.28. The van der Waals surface area contributed by atoms with Crippen LogP contribution < -0.4 is 0 Å². The Morgan fingerprint density at radius 3 is 1.90 bits per heavy atom. The molecule has 1 aliphatic rings. The van der Waals surface area contributed by atoms with Gasteiger partial charge in [0.25, 0.3) is 0 Å². The van der Waals surface area contributed by atoms with Crippen LogP contribution in [0.15, 0.2) is 66.9 Å². The standard InChI is InChI=1S/C25H25F2N3O/c1-18-2-3-19(17-28-18)16-24(31)29-12-14-30(15-13-29)25(20-4-8-22(26)9-5-20)21-6-10-23(27)11-7-21/h2-11,17,25H,12-16H2,1H3. The van der Waals surface area contributed by atoms with Gasteiger partial charge < -0.3 is 4.90 Å². The van der Waals surface area contributed by atoms with Crippen molar-refractivity contribution < 1.29 is 13.6 Å². The highest BCUT2D eigenvalue weighted by Crippen LogP contribution is 2.30. The lowest BCUT2D eigenvalue weighted by molar-refractivity contribution is -0.132. The van der Waals surface area contributed by atoms with Crippen molar-refractivity contribution in [1.82, 2.24) is 14.8 Å². The van der Waals surface area contributed by atoms with E-state index < -0.39 is 0 Å². The first kappa shape index (κ1) is 21.1. The van der Waals surface area contributed by atoms with Gasteiger partial charge in [-0.15, -0.1) is 0 Å². The van der Waals surface area contributed by atoms with E-state index in [1.165, 1.54) is 24.3 Å². The van der Waals surface area contributed by atoms with E-state index in [4.69, 9.17) is 0 Å². The van der Waals surface area contributed by atoms with Crippen LogP contribution in [0, 0.1) is 18.6 Å². The van der Waals surface area contributed by atoms with E-state index in [-0.39, 0.29) is 23.6 Å². The molecule has 31 heavy (non-hydrogen) atoms. The van der Waals surface area contributed by atoms with Crippen LogP contribution in [-0.2, 0) is 11.2 Å². The highest BCUT2D eigenvalue weighted by atomic mass is 19.1. The molecule has 2 aromatic carbocycles. The molecule has 0 atom stereocenters. The molecule has 4 nitrogen and oxygen atoms in total. The fourth-order valence-electron chi connectivity index (χ4n) is 4.02. The maximum atomic E-state index is 13.5. The fraction of sp³-hybridized carbons (Fsp3) is 0.280. The zero-order valence-electron chi connectivity index (χ0n) is 17.5. The predicted octanol–water partition coefficient (Wildman–Crippen LogP) is 4.14. The van der Waals surface area contributed by atoms with Crippen molar-refractivity contribution in [3.8, 4) is 0 Å². The van der Waals surface area contributed by atoms with Crippen molar-refractivity contribution in [3.05, 3.63) is 101 Å². The fourth-order valence-corrected chi connectivity index (χ4v) is 4.02. The lowest BCUT2D eigenvalue weighted by Crippen LogP contribution is -2.50. The second-order valence-corrected chi connectivity index (χ2v) is 7.91. The second kappa shape index (κ2) is 9.35. The van der Waals surface area contributed by atoms with Crippen LogP contribution in [0.4, 0.5) is 8.78 Å². The summed E-state index contributed by atoms with van der Waals surface area (Å²) in [6.45, 7) is 4.49. The van der Waals surface area contributed by atoms with Crippen LogP contribution >= 0.6 is 0 Å². The number of amides is 1. The van der Waals surface area contributed by atoms with Crippen LogP contribution in [0.3, 0.4) is 0 Å². The Balaban J connectivity index is 1.47. The van der Waals surface area contributed by atoms with Crippen LogP contribution in [0.2, 0.25) is 0 Å². The van der Waals surface area contributed by atoms with Crippen LogP contribution in [-0.4, -0.2) is 46.9 Å². The van der Waals surface area contributed by atoms with Crippen LogP contribution in [0.1, 0.15) is 28.4 Å². The number of rotatable bonds is 5. The third-order valence-electron chi connectivity index (χ3n) is 5.73. The Morgan fingerprint density at radius 1 is 0.871 bits per heavy atom. The molecule has 6 heteroatoms. The summed E-state index contributed by atoms with van der Waals surface area (Å²) in [6.07, 6.45) is 2.09. The van der Waals surface area contributed by atoms with Gasteiger partial charge in [-0.05, 0) is 53.9 Å². The Kier molecular flexibility index (Phi) is 6.37. The molecule has 1 aliphatic heterocycles. The number of hydrogen-bond acceptors (Lipinski definition) is 3. The molecule has 3 aromatic rings. The van der Waals surface area contributed by atoms with E-state index in [2.05, 4.69) is 9.88 Å². The monoisotopic (exact) mass is 421 g/mol. The van der Waals surface area contributed by atoms with Crippen LogP contribution in [0.25, 0.3) is 0 Å². The molecule has 160 valence electrons. The topological polar surface area (TPSA) is 36.4 Å². The molecule has 1 amide bonds. The maximum Gasteiger partial charge on any atom is 0.227 e. The molecule has 0 unspecified atom stereocenters. The number of aryl methyl sites for hydroxylation is 1. The summed E-state index contributed by atoms with van der Waals surface area (Å²) < 4.78 is 27.0. The van der Waals surface area contributed by atoms with Gasteiger partial charge in [0.15, 0.2) is 0 Å². The lowest BCUT2D eigenvalue weighted by atomic mass is 9.96. The molecule has 0 spiro atoms. The second-order valence-electron chi connectivity index (χ2n) is 7.91. The Hall–Kier alpha value is -3.12. The largest absolute Gasteiger partial charge is 0.340 e. The normalized spacial score (nSPS) is 14.8. The Labute approximate surface area is 181 Å². The minimum Gasteiger partial charge on any atom is -0.340 e. The maximum absolute atomic E-state index is 13.5.